The maximum absolute atomic E-state index is 12.4. The molecule has 0 bridgehead atoms. The molecule has 27 heavy (non-hydrogen) atoms. The smallest absolute Gasteiger partial charge is 0.265 e. The van der Waals surface area contributed by atoms with Crippen LogP contribution in [0.15, 0.2) is 12.1 Å². The number of amides is 1. The number of likely N-dealkylation sites (tertiary alicyclic amines) is 1. The molecule has 0 spiro atoms. The van der Waals surface area contributed by atoms with Crippen molar-refractivity contribution >= 4 is 33.1 Å². The largest absolute Gasteiger partial charge is 0.397 e. The maximum Gasteiger partial charge on any atom is 0.265 e. The van der Waals surface area contributed by atoms with Crippen LogP contribution in [0.1, 0.15) is 53.5 Å². The Hall–Kier alpha value is -1.70. The second-order valence-corrected chi connectivity index (χ2v) is 8.73. The van der Waals surface area contributed by atoms with Crippen molar-refractivity contribution in [2.75, 3.05) is 39.6 Å². The summed E-state index contributed by atoms with van der Waals surface area (Å²) in [5.74, 6) is -0.0569. The zero-order valence-electron chi connectivity index (χ0n) is 16.1. The molecule has 7 heteroatoms. The van der Waals surface area contributed by atoms with Crippen molar-refractivity contribution in [3.8, 4) is 0 Å². The number of hydrogen-bond acceptors (Lipinski definition) is 6. The Kier molecular flexibility index (Phi) is 5.34. The normalized spacial score (nSPS) is 22.2. The number of hydrogen-bond donors (Lipinski definition) is 1. The molecule has 146 valence electrons. The molecule has 2 aliphatic heterocycles. The van der Waals surface area contributed by atoms with E-state index in [9.17, 15) is 4.79 Å². The van der Waals surface area contributed by atoms with Gasteiger partial charge in [0.2, 0.25) is 0 Å². The molecule has 0 saturated carbocycles. The number of ether oxygens (including phenoxy) is 1. The van der Waals surface area contributed by atoms with Crippen LogP contribution in [-0.2, 0) is 4.74 Å². The molecule has 4 heterocycles. The molecule has 1 atom stereocenters. The first-order valence-electron chi connectivity index (χ1n) is 9.80. The fraction of sp³-hybridized carbons (Fsp3) is 0.600. The van der Waals surface area contributed by atoms with Crippen LogP contribution in [0.25, 0.3) is 10.2 Å². The van der Waals surface area contributed by atoms with Crippen molar-refractivity contribution in [3.05, 3.63) is 22.7 Å². The van der Waals surface area contributed by atoms with Gasteiger partial charge in [0.05, 0.1) is 17.4 Å². The monoisotopic (exact) mass is 388 g/mol. The molecule has 0 radical (unpaired) electrons. The first-order valence-corrected chi connectivity index (χ1v) is 10.6. The van der Waals surface area contributed by atoms with Crippen LogP contribution in [0.2, 0.25) is 0 Å². The topological polar surface area (TPSA) is 71.7 Å². The van der Waals surface area contributed by atoms with E-state index < -0.39 is 0 Å². The quantitative estimate of drug-likeness (QED) is 0.874. The second kappa shape index (κ2) is 7.73. The number of fused-ring (bicyclic) bond motifs is 1. The predicted octanol–water partition coefficient (Wildman–Crippen LogP) is 3.29. The van der Waals surface area contributed by atoms with E-state index in [-0.39, 0.29) is 5.91 Å². The minimum Gasteiger partial charge on any atom is -0.397 e. The molecule has 0 unspecified atom stereocenters. The van der Waals surface area contributed by atoms with Gasteiger partial charge in [0.25, 0.3) is 5.91 Å². The molecular weight excluding hydrogens is 360 g/mol. The van der Waals surface area contributed by atoms with Gasteiger partial charge < -0.3 is 15.4 Å². The Labute approximate surface area is 164 Å². The number of nitrogens with two attached hydrogens (primary N) is 1. The number of carbonyl (C=O) groups is 1. The standard InChI is InChI=1S/C20H28N4O2S/c1-23(2)20(25)18-17(21)14-6-7-15(22-19(14)27-18)16-5-3-4-10-24(16)13-8-11-26-12-9-13/h6-7,13,16H,3-5,8-12,21H2,1-2H3/t16-/m1/s1. The van der Waals surface area contributed by atoms with E-state index in [0.717, 1.165) is 54.9 Å². The first kappa shape index (κ1) is 18.7. The summed E-state index contributed by atoms with van der Waals surface area (Å²) in [7, 11) is 3.50. The van der Waals surface area contributed by atoms with Crippen LogP contribution in [0.3, 0.4) is 0 Å². The molecule has 2 N–H and O–H groups in total. The molecule has 2 aliphatic rings. The van der Waals surface area contributed by atoms with Gasteiger partial charge in [0, 0.05) is 38.7 Å². The van der Waals surface area contributed by atoms with Gasteiger partial charge in [-0.2, -0.15) is 0 Å². The van der Waals surface area contributed by atoms with Gasteiger partial charge in [0.1, 0.15) is 9.71 Å². The van der Waals surface area contributed by atoms with E-state index in [2.05, 4.69) is 11.0 Å². The van der Waals surface area contributed by atoms with Gasteiger partial charge in [0.15, 0.2) is 0 Å². The summed E-state index contributed by atoms with van der Waals surface area (Å²) >= 11 is 1.41. The molecule has 2 aromatic rings. The Bertz CT molecular complexity index is 829. The summed E-state index contributed by atoms with van der Waals surface area (Å²) in [6.07, 6.45) is 5.84. The number of nitrogens with zero attached hydrogens (tertiary/aromatic N) is 3. The highest BCUT2D eigenvalue weighted by atomic mass is 32.1. The Morgan fingerprint density at radius 3 is 2.78 bits per heavy atom. The van der Waals surface area contributed by atoms with Crippen LogP contribution in [0.4, 0.5) is 5.69 Å². The Balaban J connectivity index is 1.66. The highest BCUT2D eigenvalue weighted by Gasteiger charge is 2.32. The van der Waals surface area contributed by atoms with Crippen molar-refractivity contribution in [2.45, 2.75) is 44.2 Å². The van der Waals surface area contributed by atoms with E-state index in [1.54, 1.807) is 19.0 Å². The third-order valence-electron chi connectivity index (χ3n) is 5.76. The fourth-order valence-electron chi connectivity index (χ4n) is 4.28. The summed E-state index contributed by atoms with van der Waals surface area (Å²) in [6.45, 7) is 2.85. The van der Waals surface area contributed by atoms with Crippen molar-refractivity contribution < 1.29 is 9.53 Å². The third-order valence-corrected chi connectivity index (χ3v) is 6.86. The van der Waals surface area contributed by atoms with Gasteiger partial charge in [-0.25, -0.2) is 4.98 Å². The molecule has 2 fully saturated rings. The number of thiophene rings is 1. The van der Waals surface area contributed by atoms with E-state index in [1.807, 2.05) is 6.07 Å². The van der Waals surface area contributed by atoms with Crippen molar-refractivity contribution in [2.24, 2.45) is 0 Å². The summed E-state index contributed by atoms with van der Waals surface area (Å²) in [4.78, 5) is 23.0. The van der Waals surface area contributed by atoms with Gasteiger partial charge in [-0.1, -0.05) is 6.42 Å². The van der Waals surface area contributed by atoms with E-state index in [1.165, 1.54) is 24.2 Å². The lowest BCUT2D eigenvalue weighted by Gasteiger charge is -2.42. The number of pyridine rings is 1. The van der Waals surface area contributed by atoms with Crippen LogP contribution in [0, 0.1) is 0 Å². The van der Waals surface area contributed by atoms with Gasteiger partial charge >= 0.3 is 0 Å². The first-order chi connectivity index (χ1) is 13.1. The lowest BCUT2D eigenvalue weighted by Crippen LogP contribution is -2.44. The lowest BCUT2D eigenvalue weighted by atomic mass is 9.94. The summed E-state index contributed by atoms with van der Waals surface area (Å²) in [6, 6.07) is 5.09. The molecule has 2 aromatic heterocycles. The van der Waals surface area contributed by atoms with Crippen LogP contribution in [-0.4, -0.2) is 60.6 Å². The summed E-state index contributed by atoms with van der Waals surface area (Å²) < 4.78 is 5.56. The number of aromatic nitrogens is 1. The van der Waals surface area contributed by atoms with E-state index in [4.69, 9.17) is 15.5 Å². The summed E-state index contributed by atoms with van der Waals surface area (Å²) in [5, 5.41) is 0.891. The highest BCUT2D eigenvalue weighted by Crippen LogP contribution is 2.38. The number of nitrogen functional groups attached to an aromatic ring is 1. The second-order valence-electron chi connectivity index (χ2n) is 7.73. The van der Waals surface area contributed by atoms with Crippen molar-refractivity contribution in [1.82, 2.24) is 14.8 Å². The number of piperidine rings is 1. The Morgan fingerprint density at radius 2 is 2.04 bits per heavy atom. The minimum absolute atomic E-state index is 0.0569. The van der Waals surface area contributed by atoms with Crippen molar-refractivity contribution in [3.63, 3.8) is 0 Å². The van der Waals surface area contributed by atoms with E-state index in [0.29, 0.717) is 22.6 Å². The minimum atomic E-state index is -0.0569. The van der Waals surface area contributed by atoms with Gasteiger partial charge in [-0.15, -0.1) is 11.3 Å². The summed E-state index contributed by atoms with van der Waals surface area (Å²) in [5.41, 5.74) is 7.91. The van der Waals surface area contributed by atoms with Crippen molar-refractivity contribution in [1.29, 1.82) is 0 Å². The maximum atomic E-state index is 12.4. The van der Waals surface area contributed by atoms with Crippen LogP contribution >= 0.6 is 11.3 Å². The molecular formula is C20H28N4O2S. The van der Waals surface area contributed by atoms with Crippen LogP contribution < -0.4 is 5.73 Å². The Morgan fingerprint density at radius 1 is 1.26 bits per heavy atom. The number of carbonyl (C=O) groups excluding carboxylic acids is 1. The molecule has 1 amide bonds. The average molecular weight is 389 g/mol. The number of rotatable bonds is 3. The molecule has 2 saturated heterocycles. The molecule has 0 aromatic carbocycles. The highest BCUT2D eigenvalue weighted by molar-refractivity contribution is 7.21. The molecule has 4 rings (SSSR count). The molecule has 6 nitrogen and oxygen atoms in total. The van der Waals surface area contributed by atoms with E-state index >= 15 is 0 Å². The zero-order valence-corrected chi connectivity index (χ0v) is 16.9. The fourth-order valence-corrected chi connectivity index (χ4v) is 5.41. The zero-order chi connectivity index (χ0) is 19.0. The average Bonchev–Trinajstić information content (AvgIpc) is 3.04. The third kappa shape index (κ3) is 3.56. The SMILES string of the molecule is CN(C)C(=O)c1sc2nc([C@H]3CCCCN3C3CCOCC3)ccc2c1N. The number of anilines is 1. The lowest BCUT2D eigenvalue weighted by molar-refractivity contribution is 0.00324. The van der Waals surface area contributed by atoms with Gasteiger partial charge in [-0.3, -0.25) is 9.69 Å². The predicted molar refractivity (Wildman–Crippen MR) is 109 cm³/mol. The van der Waals surface area contributed by atoms with Gasteiger partial charge in [-0.05, 0) is 44.4 Å². The van der Waals surface area contributed by atoms with Crippen LogP contribution in [0.5, 0.6) is 0 Å². The molecule has 0 aliphatic carbocycles.